The first-order valence-electron chi connectivity index (χ1n) is 9.61. The molecule has 0 N–H and O–H groups in total. The highest BCUT2D eigenvalue weighted by atomic mass is 35.5. The third-order valence-electron chi connectivity index (χ3n) is 5.64. The number of carbonyl (C=O) groups excluding carboxylic acids is 1. The van der Waals surface area contributed by atoms with Crippen LogP contribution in [0.2, 0.25) is 10.0 Å². The van der Waals surface area contributed by atoms with Gasteiger partial charge < -0.3 is 14.2 Å². The molecule has 0 radical (unpaired) electrons. The fourth-order valence-corrected chi connectivity index (χ4v) is 4.56. The van der Waals surface area contributed by atoms with Crippen molar-refractivity contribution in [3.63, 3.8) is 0 Å². The first-order chi connectivity index (χ1) is 14.4. The predicted molar refractivity (Wildman–Crippen MR) is 116 cm³/mol. The van der Waals surface area contributed by atoms with Gasteiger partial charge in [-0.05, 0) is 36.2 Å². The van der Waals surface area contributed by atoms with Gasteiger partial charge in [0, 0.05) is 48.9 Å². The van der Waals surface area contributed by atoms with Crippen molar-refractivity contribution in [1.82, 2.24) is 14.5 Å². The van der Waals surface area contributed by atoms with E-state index in [9.17, 15) is 10.1 Å². The van der Waals surface area contributed by atoms with Crippen LogP contribution in [-0.2, 0) is 18.2 Å². The van der Waals surface area contributed by atoms with Crippen molar-refractivity contribution < 1.29 is 9.53 Å². The second-order valence-corrected chi connectivity index (χ2v) is 8.05. The van der Waals surface area contributed by atoms with Gasteiger partial charge in [-0.15, -0.1) is 0 Å². The summed E-state index contributed by atoms with van der Waals surface area (Å²) in [5.74, 6) is -0.122. The van der Waals surface area contributed by atoms with Crippen LogP contribution in [-0.4, -0.2) is 46.7 Å². The third-order valence-corrected chi connectivity index (χ3v) is 6.43. The number of hydrogen-bond acceptors (Lipinski definition) is 4. The molecule has 1 saturated heterocycles. The Bertz CT molecular complexity index is 1190. The molecule has 0 atom stereocenters. The van der Waals surface area contributed by atoms with Gasteiger partial charge in [-0.25, -0.2) is 4.98 Å². The molecule has 0 unspecified atom stereocenters. The van der Waals surface area contributed by atoms with Crippen molar-refractivity contribution in [2.75, 3.05) is 26.3 Å². The van der Waals surface area contributed by atoms with Gasteiger partial charge in [0.1, 0.15) is 5.65 Å². The number of amides is 1. The lowest BCUT2D eigenvalue weighted by atomic mass is 10.0. The zero-order valence-corrected chi connectivity index (χ0v) is 18.2. The molecule has 1 amide bonds. The van der Waals surface area contributed by atoms with Crippen molar-refractivity contribution in [2.24, 2.45) is 7.05 Å². The molecule has 1 aliphatic rings. The van der Waals surface area contributed by atoms with E-state index in [0.29, 0.717) is 59.5 Å². The monoisotopic (exact) mass is 442 g/mol. The van der Waals surface area contributed by atoms with E-state index in [1.54, 1.807) is 29.3 Å². The lowest BCUT2D eigenvalue weighted by molar-refractivity contribution is 0.0303. The Morgan fingerprint density at radius 1 is 1.27 bits per heavy atom. The van der Waals surface area contributed by atoms with Gasteiger partial charge in [0.15, 0.2) is 0 Å². The summed E-state index contributed by atoms with van der Waals surface area (Å²) in [6, 6.07) is 7.33. The number of carbonyl (C=O) groups is 1. The van der Waals surface area contributed by atoms with Crippen LogP contribution in [0.1, 0.15) is 32.7 Å². The smallest absolute Gasteiger partial charge is 0.255 e. The van der Waals surface area contributed by atoms with Crippen LogP contribution in [0.25, 0.3) is 11.0 Å². The largest absolute Gasteiger partial charge is 0.378 e. The second-order valence-electron chi connectivity index (χ2n) is 7.27. The topological polar surface area (TPSA) is 71.2 Å². The van der Waals surface area contributed by atoms with Crippen molar-refractivity contribution in [3.05, 3.63) is 62.4 Å². The molecular formula is C22H20Cl2N4O2. The second kappa shape index (κ2) is 8.27. The number of nitriles is 1. The van der Waals surface area contributed by atoms with Crippen molar-refractivity contribution in [1.29, 1.82) is 5.26 Å². The minimum Gasteiger partial charge on any atom is -0.378 e. The maximum atomic E-state index is 13.0. The molecule has 8 heteroatoms. The summed E-state index contributed by atoms with van der Waals surface area (Å²) in [4.78, 5) is 19.2. The molecule has 0 bridgehead atoms. The summed E-state index contributed by atoms with van der Waals surface area (Å²) in [5.41, 5.74) is 4.33. The molecule has 154 valence electrons. The number of hydrogen-bond donors (Lipinski definition) is 0. The Labute approximate surface area is 184 Å². The van der Waals surface area contributed by atoms with E-state index >= 15 is 0 Å². The van der Waals surface area contributed by atoms with E-state index in [1.165, 1.54) is 0 Å². The Morgan fingerprint density at radius 3 is 2.70 bits per heavy atom. The van der Waals surface area contributed by atoms with E-state index in [0.717, 1.165) is 22.3 Å². The Morgan fingerprint density at radius 2 is 2.00 bits per heavy atom. The van der Waals surface area contributed by atoms with Gasteiger partial charge >= 0.3 is 0 Å². The highest BCUT2D eigenvalue weighted by molar-refractivity contribution is 6.38. The van der Waals surface area contributed by atoms with E-state index in [2.05, 4.69) is 11.1 Å². The minimum atomic E-state index is -0.122. The zero-order chi connectivity index (χ0) is 21.4. The number of ether oxygens (including phenoxy) is 1. The number of aromatic nitrogens is 2. The lowest BCUT2D eigenvalue weighted by Gasteiger charge is -2.27. The molecule has 1 aliphatic heterocycles. The zero-order valence-electron chi connectivity index (χ0n) is 16.7. The summed E-state index contributed by atoms with van der Waals surface area (Å²) >= 11 is 13.2. The lowest BCUT2D eigenvalue weighted by Crippen LogP contribution is -2.40. The number of rotatable bonds is 3. The van der Waals surface area contributed by atoms with Gasteiger partial charge in [0.25, 0.3) is 5.91 Å². The highest BCUT2D eigenvalue weighted by Crippen LogP contribution is 2.34. The van der Waals surface area contributed by atoms with Gasteiger partial charge in [-0.1, -0.05) is 23.2 Å². The molecule has 6 nitrogen and oxygen atoms in total. The highest BCUT2D eigenvalue weighted by Gasteiger charge is 2.24. The molecule has 0 aliphatic carbocycles. The third kappa shape index (κ3) is 3.43. The van der Waals surface area contributed by atoms with E-state index < -0.39 is 0 Å². The molecule has 3 heterocycles. The first-order valence-corrected chi connectivity index (χ1v) is 10.4. The van der Waals surface area contributed by atoms with Crippen molar-refractivity contribution >= 4 is 40.1 Å². The molecule has 30 heavy (non-hydrogen) atoms. The van der Waals surface area contributed by atoms with E-state index in [4.69, 9.17) is 27.9 Å². The summed E-state index contributed by atoms with van der Waals surface area (Å²) in [6.07, 6.45) is 2.05. The molecule has 1 fully saturated rings. The van der Waals surface area contributed by atoms with Crippen LogP contribution < -0.4 is 0 Å². The van der Waals surface area contributed by atoms with Crippen LogP contribution in [0.15, 0.2) is 24.4 Å². The van der Waals surface area contributed by atoms with Crippen molar-refractivity contribution in [3.8, 4) is 6.07 Å². The minimum absolute atomic E-state index is 0.122. The first kappa shape index (κ1) is 20.7. The summed E-state index contributed by atoms with van der Waals surface area (Å²) in [5, 5.41) is 11.2. The molecular weight excluding hydrogens is 423 g/mol. The van der Waals surface area contributed by atoms with Gasteiger partial charge in [-0.3, -0.25) is 4.79 Å². The van der Waals surface area contributed by atoms with Crippen LogP contribution in [0.3, 0.4) is 0 Å². The molecule has 2 aromatic heterocycles. The fraction of sp³-hybridized carbons (Fsp3) is 0.318. The molecule has 1 aromatic carbocycles. The average molecular weight is 443 g/mol. The molecule has 0 saturated carbocycles. The fourth-order valence-electron chi connectivity index (χ4n) is 3.97. The van der Waals surface area contributed by atoms with E-state index in [-0.39, 0.29) is 5.91 Å². The van der Waals surface area contributed by atoms with Gasteiger partial charge in [-0.2, -0.15) is 5.26 Å². The summed E-state index contributed by atoms with van der Waals surface area (Å²) < 4.78 is 7.29. The normalized spacial score (nSPS) is 14.2. The SMILES string of the molecule is Cc1c(Cc2c(Cl)ccc(C(=O)N3CCOCC3)c2Cl)n(C)c2nccc(C#N)c12. The number of morpholine rings is 1. The summed E-state index contributed by atoms with van der Waals surface area (Å²) in [7, 11) is 1.91. The van der Waals surface area contributed by atoms with Crippen LogP contribution in [0.4, 0.5) is 0 Å². The number of nitrogens with zero attached hydrogens (tertiary/aromatic N) is 4. The van der Waals surface area contributed by atoms with E-state index in [1.807, 2.05) is 18.5 Å². The van der Waals surface area contributed by atoms with Gasteiger partial charge in [0.05, 0.1) is 35.4 Å². The number of aryl methyl sites for hydroxylation is 2. The Kier molecular flexibility index (Phi) is 5.70. The number of benzene rings is 1. The quantitative estimate of drug-likeness (QED) is 0.611. The van der Waals surface area contributed by atoms with Crippen LogP contribution >= 0.6 is 23.2 Å². The number of fused-ring (bicyclic) bond motifs is 1. The molecule has 4 rings (SSSR count). The molecule has 0 spiro atoms. The molecule has 3 aromatic rings. The number of halogens is 2. The van der Waals surface area contributed by atoms with Crippen molar-refractivity contribution in [2.45, 2.75) is 13.3 Å². The average Bonchev–Trinajstić information content (AvgIpc) is 3.01. The standard InChI is InChI=1S/C22H20Cl2N4O2/c1-13-18(27(2)21-19(13)14(12-25)5-6-26-21)11-16-17(23)4-3-15(20(16)24)22(29)28-7-9-30-10-8-28/h3-6H,7-11H2,1-2H3. The Hall–Kier alpha value is -2.59. The Balaban J connectivity index is 1.77. The van der Waals surface area contributed by atoms with Gasteiger partial charge in [0.2, 0.25) is 0 Å². The maximum Gasteiger partial charge on any atom is 0.255 e. The predicted octanol–water partition coefficient (Wildman–Crippen LogP) is 4.12. The maximum absolute atomic E-state index is 13.0. The number of pyridine rings is 1. The van der Waals surface area contributed by atoms with Crippen LogP contribution in [0, 0.1) is 18.3 Å². The van der Waals surface area contributed by atoms with Crippen LogP contribution in [0.5, 0.6) is 0 Å². The summed E-state index contributed by atoms with van der Waals surface area (Å²) in [6.45, 7) is 4.08.